The third-order valence-electron chi connectivity index (χ3n) is 2.62. The van der Waals surface area contributed by atoms with Gasteiger partial charge in [0.15, 0.2) is 0 Å². The van der Waals surface area contributed by atoms with Crippen molar-refractivity contribution in [1.82, 2.24) is 15.1 Å². The van der Waals surface area contributed by atoms with Gasteiger partial charge in [0, 0.05) is 6.04 Å². The molecule has 1 atom stereocenters. The van der Waals surface area contributed by atoms with E-state index in [4.69, 9.17) is 4.42 Å². The average Bonchev–Trinajstić information content (AvgIpc) is 2.74. The quantitative estimate of drug-likeness (QED) is 0.695. The van der Waals surface area contributed by atoms with E-state index in [9.17, 15) is 0 Å². The maximum absolute atomic E-state index is 5.23. The summed E-state index contributed by atoms with van der Waals surface area (Å²) in [6.45, 7) is 5.55. The lowest BCUT2D eigenvalue weighted by atomic mass is 10.2. The van der Waals surface area contributed by atoms with E-state index in [1.165, 1.54) is 12.8 Å². The molecule has 1 aliphatic rings. The van der Waals surface area contributed by atoms with Gasteiger partial charge in [0.25, 0.3) is 0 Å². The molecule has 0 N–H and O–H groups in total. The van der Waals surface area contributed by atoms with Gasteiger partial charge in [-0.25, -0.2) is 0 Å². The van der Waals surface area contributed by atoms with Crippen LogP contribution >= 0.6 is 0 Å². The van der Waals surface area contributed by atoms with Gasteiger partial charge in [-0.1, -0.05) is 0 Å². The van der Waals surface area contributed by atoms with Gasteiger partial charge < -0.3 is 4.42 Å². The van der Waals surface area contributed by atoms with Crippen LogP contribution in [-0.2, 0) is 0 Å². The van der Waals surface area contributed by atoms with Crippen molar-refractivity contribution < 1.29 is 4.42 Å². The SMILES string of the molecule is CC(C)N1CCCC1c1nnco1. The molecule has 2 rings (SSSR count). The van der Waals surface area contributed by atoms with Crippen molar-refractivity contribution in [2.24, 2.45) is 0 Å². The fraction of sp³-hybridized carbons (Fsp3) is 0.778. The van der Waals surface area contributed by atoms with Crippen LogP contribution in [0.4, 0.5) is 0 Å². The maximum Gasteiger partial charge on any atom is 0.233 e. The zero-order chi connectivity index (χ0) is 9.26. The van der Waals surface area contributed by atoms with Crippen LogP contribution in [0.5, 0.6) is 0 Å². The molecule has 0 aliphatic carbocycles. The Morgan fingerprint density at radius 2 is 2.46 bits per heavy atom. The van der Waals surface area contributed by atoms with Crippen LogP contribution in [-0.4, -0.2) is 27.7 Å². The Morgan fingerprint density at radius 3 is 3.08 bits per heavy atom. The predicted molar refractivity (Wildman–Crippen MR) is 48.1 cm³/mol. The van der Waals surface area contributed by atoms with Crippen LogP contribution in [0.15, 0.2) is 10.8 Å². The Labute approximate surface area is 77.9 Å². The van der Waals surface area contributed by atoms with E-state index < -0.39 is 0 Å². The smallest absolute Gasteiger partial charge is 0.233 e. The lowest BCUT2D eigenvalue weighted by molar-refractivity contribution is 0.179. The van der Waals surface area contributed by atoms with E-state index in [1.807, 2.05) is 0 Å². The Kier molecular flexibility index (Phi) is 2.31. The molecule has 0 aromatic carbocycles. The van der Waals surface area contributed by atoms with E-state index in [1.54, 1.807) is 0 Å². The summed E-state index contributed by atoms with van der Waals surface area (Å²) in [5.74, 6) is 0.770. The molecule has 72 valence electrons. The number of hydrogen-bond acceptors (Lipinski definition) is 4. The standard InChI is InChI=1S/C9H15N3O/c1-7(2)12-5-3-4-8(12)9-11-10-6-13-9/h6-8H,3-5H2,1-2H3. The van der Waals surface area contributed by atoms with E-state index in [0.717, 1.165) is 18.9 Å². The summed E-state index contributed by atoms with van der Waals surface area (Å²) in [6, 6.07) is 0.905. The molecule has 0 amide bonds. The monoisotopic (exact) mass is 181 g/mol. The largest absolute Gasteiger partial charge is 0.426 e. The fourth-order valence-corrected chi connectivity index (χ4v) is 2.00. The first-order valence-corrected chi connectivity index (χ1v) is 4.81. The van der Waals surface area contributed by atoms with Crippen molar-refractivity contribution in [3.05, 3.63) is 12.3 Å². The van der Waals surface area contributed by atoms with Crippen molar-refractivity contribution in [2.45, 2.75) is 38.8 Å². The zero-order valence-corrected chi connectivity index (χ0v) is 8.10. The topological polar surface area (TPSA) is 42.2 Å². The van der Waals surface area contributed by atoms with Gasteiger partial charge >= 0.3 is 0 Å². The molecular formula is C9H15N3O. The van der Waals surface area contributed by atoms with Gasteiger partial charge in [-0.2, -0.15) is 0 Å². The summed E-state index contributed by atoms with van der Waals surface area (Å²) < 4.78 is 5.23. The second-order valence-electron chi connectivity index (χ2n) is 3.77. The molecule has 4 heteroatoms. The van der Waals surface area contributed by atoms with Crippen LogP contribution in [0.25, 0.3) is 0 Å². The minimum atomic E-state index is 0.350. The number of likely N-dealkylation sites (tertiary alicyclic amines) is 1. The first-order valence-electron chi connectivity index (χ1n) is 4.81. The lowest BCUT2D eigenvalue weighted by Crippen LogP contribution is -2.30. The number of rotatable bonds is 2. The highest BCUT2D eigenvalue weighted by Gasteiger charge is 2.31. The highest BCUT2D eigenvalue weighted by molar-refractivity contribution is 4.93. The van der Waals surface area contributed by atoms with Gasteiger partial charge in [-0.05, 0) is 33.2 Å². The number of aromatic nitrogens is 2. The first-order chi connectivity index (χ1) is 6.29. The molecule has 4 nitrogen and oxygen atoms in total. The second-order valence-corrected chi connectivity index (χ2v) is 3.77. The molecule has 1 saturated heterocycles. The Hall–Kier alpha value is -0.900. The van der Waals surface area contributed by atoms with Gasteiger partial charge in [0.1, 0.15) is 0 Å². The molecule has 0 spiro atoms. The third-order valence-corrected chi connectivity index (χ3v) is 2.62. The van der Waals surface area contributed by atoms with Crippen LogP contribution in [0.2, 0.25) is 0 Å². The van der Waals surface area contributed by atoms with Crippen LogP contribution < -0.4 is 0 Å². The Bertz CT molecular complexity index is 258. The molecule has 1 unspecified atom stereocenters. The highest BCUT2D eigenvalue weighted by atomic mass is 16.4. The summed E-state index contributed by atoms with van der Waals surface area (Å²) in [5.41, 5.74) is 0. The summed E-state index contributed by atoms with van der Waals surface area (Å²) in [6.07, 6.45) is 3.78. The molecule has 0 radical (unpaired) electrons. The van der Waals surface area contributed by atoms with Gasteiger partial charge in [0.2, 0.25) is 12.3 Å². The molecule has 1 aliphatic heterocycles. The second kappa shape index (κ2) is 3.46. The molecule has 1 fully saturated rings. The van der Waals surface area contributed by atoms with E-state index in [-0.39, 0.29) is 0 Å². The first kappa shape index (κ1) is 8.69. The van der Waals surface area contributed by atoms with Crippen LogP contribution in [0.3, 0.4) is 0 Å². The van der Waals surface area contributed by atoms with Gasteiger partial charge in [-0.3, -0.25) is 4.90 Å². The van der Waals surface area contributed by atoms with E-state index >= 15 is 0 Å². The third kappa shape index (κ3) is 1.58. The van der Waals surface area contributed by atoms with Crippen molar-refractivity contribution >= 4 is 0 Å². The lowest BCUT2D eigenvalue weighted by Gasteiger charge is -2.25. The zero-order valence-electron chi connectivity index (χ0n) is 8.10. The molecule has 1 aromatic rings. The van der Waals surface area contributed by atoms with Gasteiger partial charge in [-0.15, -0.1) is 10.2 Å². The molecular weight excluding hydrogens is 166 g/mol. The maximum atomic E-state index is 5.23. The minimum absolute atomic E-state index is 0.350. The molecule has 1 aromatic heterocycles. The summed E-state index contributed by atoms with van der Waals surface area (Å²) >= 11 is 0. The predicted octanol–water partition coefficient (Wildman–Crippen LogP) is 1.61. The summed E-state index contributed by atoms with van der Waals surface area (Å²) in [7, 11) is 0. The van der Waals surface area contributed by atoms with Crippen LogP contribution in [0.1, 0.15) is 38.6 Å². The van der Waals surface area contributed by atoms with Crippen LogP contribution in [0, 0.1) is 0 Å². The summed E-state index contributed by atoms with van der Waals surface area (Å²) in [4.78, 5) is 2.41. The molecule has 0 bridgehead atoms. The molecule has 2 heterocycles. The Balaban J connectivity index is 2.14. The van der Waals surface area contributed by atoms with Gasteiger partial charge in [0.05, 0.1) is 6.04 Å². The van der Waals surface area contributed by atoms with Crippen molar-refractivity contribution in [1.29, 1.82) is 0 Å². The van der Waals surface area contributed by atoms with E-state index in [0.29, 0.717) is 12.1 Å². The number of hydrogen-bond donors (Lipinski definition) is 0. The normalized spacial score (nSPS) is 24.4. The Morgan fingerprint density at radius 1 is 1.62 bits per heavy atom. The minimum Gasteiger partial charge on any atom is -0.426 e. The van der Waals surface area contributed by atoms with E-state index in [2.05, 4.69) is 28.9 Å². The van der Waals surface area contributed by atoms with Crippen molar-refractivity contribution in [3.63, 3.8) is 0 Å². The fourth-order valence-electron chi connectivity index (χ4n) is 2.00. The molecule has 13 heavy (non-hydrogen) atoms. The number of nitrogens with zero attached hydrogens (tertiary/aromatic N) is 3. The van der Waals surface area contributed by atoms with Crippen molar-refractivity contribution in [3.8, 4) is 0 Å². The highest BCUT2D eigenvalue weighted by Crippen LogP contribution is 2.31. The summed E-state index contributed by atoms with van der Waals surface area (Å²) in [5, 5.41) is 7.69. The average molecular weight is 181 g/mol. The van der Waals surface area contributed by atoms with Crippen molar-refractivity contribution in [2.75, 3.05) is 6.54 Å². The molecule has 0 saturated carbocycles.